The standard InChI is InChI=1S/C15H15NO2.C11H12O3/c1-4-15(17)18-14-10-9-13(16(2)3)11-7-5-6-8-12(11)14;1-2-11(12)14-9-8-13-10-6-4-3-5-7-10/h4-10H,1H2,2-3H3;2-7H,1,8-9H2. The van der Waals surface area contributed by atoms with Crippen LogP contribution in [0.15, 0.2) is 92.0 Å². The van der Waals surface area contributed by atoms with Crippen molar-refractivity contribution < 1.29 is 23.8 Å². The first-order valence-electron chi connectivity index (χ1n) is 9.96. The highest BCUT2D eigenvalue weighted by Gasteiger charge is 2.09. The van der Waals surface area contributed by atoms with Gasteiger partial charge in [0.25, 0.3) is 0 Å². The molecule has 166 valence electrons. The zero-order valence-corrected chi connectivity index (χ0v) is 18.3. The van der Waals surface area contributed by atoms with Crippen LogP contribution < -0.4 is 14.4 Å². The molecule has 0 atom stereocenters. The van der Waals surface area contributed by atoms with E-state index in [1.807, 2.05) is 79.7 Å². The molecule has 0 heterocycles. The highest BCUT2D eigenvalue weighted by atomic mass is 16.6. The Morgan fingerprint density at radius 2 is 1.44 bits per heavy atom. The van der Waals surface area contributed by atoms with Crippen molar-refractivity contribution >= 4 is 28.4 Å². The Kier molecular flexibility index (Phi) is 9.53. The molecule has 32 heavy (non-hydrogen) atoms. The second-order valence-corrected chi connectivity index (χ2v) is 6.68. The van der Waals surface area contributed by atoms with Gasteiger partial charge >= 0.3 is 11.9 Å². The number of hydrogen-bond donors (Lipinski definition) is 0. The number of anilines is 1. The van der Waals surface area contributed by atoms with Gasteiger partial charge in [-0.05, 0) is 24.3 Å². The van der Waals surface area contributed by atoms with Gasteiger partial charge in [0.2, 0.25) is 0 Å². The smallest absolute Gasteiger partial charge is 0.335 e. The molecular formula is C26H27NO5. The van der Waals surface area contributed by atoms with Gasteiger partial charge in [0.05, 0.1) is 0 Å². The highest BCUT2D eigenvalue weighted by Crippen LogP contribution is 2.32. The maximum absolute atomic E-state index is 11.3. The Balaban J connectivity index is 0.000000235. The van der Waals surface area contributed by atoms with E-state index in [4.69, 9.17) is 14.2 Å². The molecule has 0 saturated carbocycles. The number of rotatable bonds is 8. The van der Waals surface area contributed by atoms with Crippen LogP contribution in [0.4, 0.5) is 5.69 Å². The molecule has 0 aliphatic rings. The molecule has 0 bridgehead atoms. The zero-order valence-electron chi connectivity index (χ0n) is 18.3. The van der Waals surface area contributed by atoms with Gasteiger partial charge < -0.3 is 19.1 Å². The van der Waals surface area contributed by atoms with Gasteiger partial charge in [0, 0.05) is 42.7 Å². The van der Waals surface area contributed by atoms with E-state index in [9.17, 15) is 9.59 Å². The molecule has 0 N–H and O–H groups in total. The summed E-state index contributed by atoms with van der Waals surface area (Å²) in [6, 6.07) is 20.9. The predicted molar refractivity (Wildman–Crippen MR) is 127 cm³/mol. The quantitative estimate of drug-likeness (QED) is 0.220. The summed E-state index contributed by atoms with van der Waals surface area (Å²) in [5, 5.41) is 1.97. The Morgan fingerprint density at radius 3 is 2.06 bits per heavy atom. The number of benzene rings is 3. The molecule has 3 aromatic carbocycles. The number of fused-ring (bicyclic) bond motifs is 1. The van der Waals surface area contributed by atoms with Crippen LogP contribution in [0.3, 0.4) is 0 Å². The van der Waals surface area contributed by atoms with Crippen LogP contribution >= 0.6 is 0 Å². The lowest BCUT2D eigenvalue weighted by atomic mass is 10.1. The van der Waals surface area contributed by atoms with Crippen LogP contribution in [-0.2, 0) is 14.3 Å². The Bertz CT molecular complexity index is 1060. The van der Waals surface area contributed by atoms with Gasteiger partial charge in [-0.2, -0.15) is 0 Å². The molecule has 0 spiro atoms. The topological polar surface area (TPSA) is 65.1 Å². The van der Waals surface area contributed by atoms with Gasteiger partial charge in [-0.25, -0.2) is 9.59 Å². The third-order valence-electron chi connectivity index (χ3n) is 4.23. The highest BCUT2D eigenvalue weighted by molar-refractivity contribution is 5.99. The summed E-state index contributed by atoms with van der Waals surface area (Å²) in [5.41, 5.74) is 1.09. The van der Waals surface area contributed by atoms with Crippen LogP contribution in [0.25, 0.3) is 10.8 Å². The first kappa shape index (κ1) is 24.2. The molecule has 6 heteroatoms. The Morgan fingerprint density at radius 1 is 0.812 bits per heavy atom. The van der Waals surface area contributed by atoms with Crippen molar-refractivity contribution in [3.8, 4) is 11.5 Å². The Labute approximate surface area is 188 Å². The summed E-state index contributed by atoms with van der Waals surface area (Å²) in [6.45, 7) is 7.27. The number of para-hydroxylation sites is 1. The molecule has 0 aliphatic heterocycles. The summed E-state index contributed by atoms with van der Waals surface area (Å²) in [6.07, 6.45) is 2.29. The minimum Gasteiger partial charge on any atom is -0.490 e. The third kappa shape index (κ3) is 7.32. The summed E-state index contributed by atoms with van der Waals surface area (Å²) >= 11 is 0. The first-order valence-corrected chi connectivity index (χ1v) is 9.96. The van der Waals surface area contributed by atoms with Gasteiger partial charge in [-0.1, -0.05) is 55.6 Å². The molecular weight excluding hydrogens is 406 g/mol. The predicted octanol–water partition coefficient (Wildman–Crippen LogP) is 4.79. The van der Waals surface area contributed by atoms with Crippen LogP contribution in [0, 0.1) is 0 Å². The molecule has 6 nitrogen and oxygen atoms in total. The van der Waals surface area contributed by atoms with Crippen molar-refractivity contribution in [3.05, 3.63) is 92.0 Å². The van der Waals surface area contributed by atoms with Crippen molar-refractivity contribution in [2.24, 2.45) is 0 Å². The fraction of sp³-hybridized carbons (Fsp3) is 0.154. The van der Waals surface area contributed by atoms with Crippen LogP contribution in [-0.4, -0.2) is 39.2 Å². The number of esters is 2. The number of nitrogens with zero attached hydrogens (tertiary/aromatic N) is 1. The van der Waals surface area contributed by atoms with Gasteiger partial charge in [0.15, 0.2) is 0 Å². The second kappa shape index (κ2) is 12.6. The maximum atomic E-state index is 11.3. The van der Waals surface area contributed by atoms with Crippen LogP contribution in [0.5, 0.6) is 11.5 Å². The number of hydrogen-bond acceptors (Lipinski definition) is 6. The summed E-state index contributed by atoms with van der Waals surface area (Å²) in [4.78, 5) is 23.9. The fourth-order valence-corrected chi connectivity index (χ4v) is 2.76. The van der Waals surface area contributed by atoms with Gasteiger partial charge in [-0.3, -0.25) is 0 Å². The molecule has 0 unspecified atom stereocenters. The fourth-order valence-electron chi connectivity index (χ4n) is 2.76. The molecule has 0 radical (unpaired) electrons. The van der Waals surface area contributed by atoms with E-state index in [1.165, 1.54) is 0 Å². The van der Waals surface area contributed by atoms with Crippen molar-refractivity contribution in [1.82, 2.24) is 0 Å². The minimum atomic E-state index is -0.447. The van der Waals surface area contributed by atoms with Gasteiger partial charge in [0.1, 0.15) is 24.7 Å². The monoisotopic (exact) mass is 433 g/mol. The number of carbonyl (C=O) groups is 2. The van der Waals surface area contributed by atoms with E-state index in [2.05, 4.69) is 13.2 Å². The largest absolute Gasteiger partial charge is 0.490 e. The first-order chi connectivity index (χ1) is 15.5. The minimum absolute atomic E-state index is 0.236. The van der Waals surface area contributed by atoms with Crippen LogP contribution in [0.2, 0.25) is 0 Å². The lowest BCUT2D eigenvalue weighted by Crippen LogP contribution is -2.10. The van der Waals surface area contributed by atoms with Crippen LogP contribution in [0.1, 0.15) is 0 Å². The lowest BCUT2D eigenvalue weighted by Gasteiger charge is -2.17. The molecule has 0 aliphatic carbocycles. The summed E-state index contributed by atoms with van der Waals surface area (Å²) < 4.78 is 15.3. The molecule has 0 saturated heterocycles. The number of ether oxygens (including phenoxy) is 3. The SMILES string of the molecule is C=CC(=O)OCCOc1ccccc1.C=CC(=O)Oc1ccc(N(C)C)c2ccccc12. The summed E-state index contributed by atoms with van der Waals surface area (Å²) in [5.74, 6) is 0.447. The average molecular weight is 434 g/mol. The molecule has 0 amide bonds. The number of carbonyl (C=O) groups excluding carboxylic acids is 2. The third-order valence-corrected chi connectivity index (χ3v) is 4.23. The second-order valence-electron chi connectivity index (χ2n) is 6.68. The normalized spacial score (nSPS) is 9.69. The Hall–Kier alpha value is -4.06. The van der Waals surface area contributed by atoms with Gasteiger partial charge in [-0.15, -0.1) is 0 Å². The molecule has 3 rings (SSSR count). The molecule has 0 fully saturated rings. The van der Waals surface area contributed by atoms with E-state index >= 15 is 0 Å². The average Bonchev–Trinajstić information content (AvgIpc) is 2.82. The van der Waals surface area contributed by atoms with Crippen molar-refractivity contribution in [1.29, 1.82) is 0 Å². The zero-order chi connectivity index (χ0) is 23.3. The van der Waals surface area contributed by atoms with E-state index in [0.29, 0.717) is 12.4 Å². The summed E-state index contributed by atoms with van der Waals surface area (Å²) in [7, 11) is 3.97. The van der Waals surface area contributed by atoms with Crippen molar-refractivity contribution in [3.63, 3.8) is 0 Å². The molecule has 0 aromatic heterocycles. The van der Waals surface area contributed by atoms with E-state index in [-0.39, 0.29) is 6.61 Å². The van der Waals surface area contributed by atoms with E-state index in [0.717, 1.165) is 34.4 Å². The lowest BCUT2D eigenvalue weighted by molar-refractivity contribution is -0.138. The molecule has 3 aromatic rings. The van der Waals surface area contributed by atoms with E-state index < -0.39 is 11.9 Å². The van der Waals surface area contributed by atoms with E-state index in [1.54, 1.807) is 6.07 Å². The maximum Gasteiger partial charge on any atom is 0.335 e. The van der Waals surface area contributed by atoms with Crippen molar-refractivity contribution in [2.45, 2.75) is 0 Å². The van der Waals surface area contributed by atoms with Crippen molar-refractivity contribution in [2.75, 3.05) is 32.2 Å².